The monoisotopic (exact) mass is 369 g/mol. The molecule has 3 nitrogen and oxygen atoms in total. The van der Waals surface area contributed by atoms with Crippen molar-refractivity contribution in [2.75, 3.05) is 19.7 Å². The van der Waals surface area contributed by atoms with Crippen molar-refractivity contribution in [1.82, 2.24) is 4.90 Å². The Labute approximate surface area is 149 Å². The van der Waals surface area contributed by atoms with Crippen LogP contribution in [0.1, 0.15) is 22.0 Å². The molecule has 0 N–H and O–H groups in total. The minimum atomic E-state index is -0.258. The molecule has 1 heterocycles. The number of halogens is 3. The number of benzene rings is 2. The Morgan fingerprint density at radius 2 is 1.78 bits per heavy atom. The SMILES string of the molecule is O=C(c1ccccc1Cl)N1CCOC(c2cc(Cl)cc(Cl)c2)C1. The fourth-order valence-electron chi connectivity index (χ4n) is 2.60. The average Bonchev–Trinajstić information content (AvgIpc) is 2.54. The highest BCUT2D eigenvalue weighted by molar-refractivity contribution is 6.34. The van der Waals surface area contributed by atoms with Gasteiger partial charge in [-0.15, -0.1) is 0 Å². The van der Waals surface area contributed by atoms with Gasteiger partial charge >= 0.3 is 0 Å². The Balaban J connectivity index is 1.81. The highest BCUT2D eigenvalue weighted by Crippen LogP contribution is 2.29. The molecule has 1 saturated heterocycles. The van der Waals surface area contributed by atoms with E-state index in [9.17, 15) is 4.79 Å². The summed E-state index contributed by atoms with van der Waals surface area (Å²) in [6.07, 6.45) is -0.258. The number of nitrogens with zero attached hydrogens (tertiary/aromatic N) is 1. The van der Waals surface area contributed by atoms with Crippen molar-refractivity contribution in [1.29, 1.82) is 0 Å². The van der Waals surface area contributed by atoms with E-state index in [0.717, 1.165) is 5.56 Å². The molecule has 1 amide bonds. The van der Waals surface area contributed by atoms with Gasteiger partial charge in [0.2, 0.25) is 0 Å². The van der Waals surface area contributed by atoms with Crippen LogP contribution in [0.3, 0.4) is 0 Å². The third-order valence-electron chi connectivity index (χ3n) is 3.71. The third kappa shape index (κ3) is 3.81. The van der Waals surface area contributed by atoms with Crippen LogP contribution < -0.4 is 0 Å². The predicted molar refractivity (Wildman–Crippen MR) is 92.5 cm³/mol. The molecule has 1 aliphatic rings. The minimum absolute atomic E-state index is 0.1000. The van der Waals surface area contributed by atoms with Gasteiger partial charge in [0.15, 0.2) is 0 Å². The summed E-state index contributed by atoms with van der Waals surface area (Å²) in [6.45, 7) is 1.40. The summed E-state index contributed by atoms with van der Waals surface area (Å²) in [5.41, 5.74) is 1.36. The van der Waals surface area contributed by atoms with Gasteiger partial charge in [-0.1, -0.05) is 46.9 Å². The van der Waals surface area contributed by atoms with E-state index in [2.05, 4.69) is 0 Å². The lowest BCUT2D eigenvalue weighted by molar-refractivity contribution is -0.0228. The van der Waals surface area contributed by atoms with Gasteiger partial charge < -0.3 is 9.64 Å². The lowest BCUT2D eigenvalue weighted by Gasteiger charge is -2.33. The van der Waals surface area contributed by atoms with E-state index in [1.165, 1.54) is 0 Å². The number of amides is 1. The number of ether oxygens (including phenoxy) is 1. The number of rotatable bonds is 2. The zero-order chi connectivity index (χ0) is 16.4. The van der Waals surface area contributed by atoms with Gasteiger partial charge in [-0.05, 0) is 35.9 Å². The van der Waals surface area contributed by atoms with Crippen molar-refractivity contribution in [3.05, 3.63) is 68.7 Å². The highest BCUT2D eigenvalue weighted by atomic mass is 35.5. The van der Waals surface area contributed by atoms with Crippen LogP contribution in [0, 0.1) is 0 Å². The Bertz CT molecular complexity index is 715. The molecule has 0 aromatic heterocycles. The van der Waals surface area contributed by atoms with Crippen molar-refractivity contribution in [2.24, 2.45) is 0 Å². The average molecular weight is 371 g/mol. The first-order valence-electron chi connectivity index (χ1n) is 7.16. The Kier molecular flexibility index (Phi) is 5.12. The molecule has 1 aliphatic heterocycles. The summed E-state index contributed by atoms with van der Waals surface area (Å²) in [6, 6.07) is 12.3. The van der Waals surface area contributed by atoms with Crippen molar-refractivity contribution in [3.8, 4) is 0 Å². The summed E-state index contributed by atoms with van der Waals surface area (Å²) in [5, 5.41) is 1.54. The standard InChI is InChI=1S/C17H14Cl3NO2/c18-12-7-11(8-13(19)9-12)16-10-21(5-6-23-16)17(22)14-3-1-2-4-15(14)20/h1-4,7-9,16H,5-6,10H2. The summed E-state index contributed by atoms with van der Waals surface area (Å²) in [7, 11) is 0. The quantitative estimate of drug-likeness (QED) is 0.755. The Morgan fingerprint density at radius 1 is 1.09 bits per heavy atom. The van der Waals surface area contributed by atoms with E-state index in [-0.39, 0.29) is 12.0 Å². The Hall–Kier alpha value is -1.26. The van der Waals surface area contributed by atoms with E-state index >= 15 is 0 Å². The summed E-state index contributed by atoms with van der Waals surface area (Å²) < 4.78 is 5.78. The molecular formula is C17H14Cl3NO2. The number of hydrogen-bond donors (Lipinski definition) is 0. The van der Waals surface area contributed by atoms with E-state index in [1.54, 1.807) is 35.2 Å². The molecule has 2 aromatic rings. The molecule has 0 bridgehead atoms. The first-order chi connectivity index (χ1) is 11.0. The van der Waals surface area contributed by atoms with Gasteiger partial charge in [-0.2, -0.15) is 0 Å². The lowest BCUT2D eigenvalue weighted by Crippen LogP contribution is -2.42. The van der Waals surface area contributed by atoms with Gasteiger partial charge in [0.1, 0.15) is 6.10 Å². The van der Waals surface area contributed by atoms with Gasteiger partial charge in [0.25, 0.3) is 5.91 Å². The third-order valence-corrected chi connectivity index (χ3v) is 4.48. The maximum absolute atomic E-state index is 12.7. The molecule has 1 atom stereocenters. The summed E-state index contributed by atoms with van der Waals surface area (Å²) in [4.78, 5) is 14.4. The molecule has 0 radical (unpaired) electrons. The molecule has 0 aliphatic carbocycles. The fraction of sp³-hybridized carbons (Fsp3) is 0.235. The van der Waals surface area contributed by atoms with Crippen LogP contribution in [-0.4, -0.2) is 30.5 Å². The first-order valence-corrected chi connectivity index (χ1v) is 8.29. The second-order valence-electron chi connectivity index (χ2n) is 5.29. The molecule has 23 heavy (non-hydrogen) atoms. The molecule has 0 saturated carbocycles. The fourth-order valence-corrected chi connectivity index (χ4v) is 3.36. The second-order valence-corrected chi connectivity index (χ2v) is 6.57. The molecule has 0 spiro atoms. The normalized spacial score (nSPS) is 18.0. The van der Waals surface area contributed by atoms with E-state index < -0.39 is 0 Å². The molecule has 2 aromatic carbocycles. The second kappa shape index (κ2) is 7.10. The van der Waals surface area contributed by atoms with Crippen LogP contribution in [0.2, 0.25) is 15.1 Å². The first kappa shape index (κ1) is 16.6. The van der Waals surface area contributed by atoms with Crippen molar-refractivity contribution < 1.29 is 9.53 Å². The minimum Gasteiger partial charge on any atom is -0.370 e. The van der Waals surface area contributed by atoms with E-state index in [4.69, 9.17) is 39.5 Å². The zero-order valence-corrected chi connectivity index (χ0v) is 14.4. The number of hydrogen-bond acceptors (Lipinski definition) is 2. The number of carbonyl (C=O) groups excluding carboxylic acids is 1. The predicted octanol–water partition coefficient (Wildman–Crippen LogP) is 4.86. The van der Waals surface area contributed by atoms with Crippen molar-refractivity contribution >= 4 is 40.7 Å². The molecule has 1 unspecified atom stereocenters. The van der Waals surface area contributed by atoms with E-state index in [0.29, 0.717) is 40.3 Å². The molecule has 1 fully saturated rings. The maximum atomic E-state index is 12.7. The smallest absolute Gasteiger partial charge is 0.255 e. The van der Waals surface area contributed by atoms with Crippen LogP contribution >= 0.6 is 34.8 Å². The molecule has 120 valence electrons. The topological polar surface area (TPSA) is 29.5 Å². The largest absolute Gasteiger partial charge is 0.370 e. The van der Waals surface area contributed by atoms with Crippen LogP contribution in [0.5, 0.6) is 0 Å². The molecule has 3 rings (SSSR count). The zero-order valence-electron chi connectivity index (χ0n) is 12.1. The summed E-state index contributed by atoms with van der Waals surface area (Å²) in [5.74, 6) is -0.1000. The van der Waals surface area contributed by atoms with Crippen LogP contribution in [0.25, 0.3) is 0 Å². The van der Waals surface area contributed by atoms with Gasteiger partial charge in [0.05, 0.1) is 23.7 Å². The number of morpholine rings is 1. The molecule has 6 heteroatoms. The van der Waals surface area contributed by atoms with Gasteiger partial charge in [0, 0.05) is 16.6 Å². The van der Waals surface area contributed by atoms with E-state index in [1.807, 2.05) is 12.1 Å². The number of carbonyl (C=O) groups is 1. The molecular weight excluding hydrogens is 357 g/mol. The van der Waals surface area contributed by atoms with Crippen LogP contribution in [0.4, 0.5) is 0 Å². The maximum Gasteiger partial charge on any atom is 0.255 e. The lowest BCUT2D eigenvalue weighted by atomic mass is 10.1. The van der Waals surface area contributed by atoms with Crippen molar-refractivity contribution in [2.45, 2.75) is 6.10 Å². The van der Waals surface area contributed by atoms with Crippen LogP contribution in [0.15, 0.2) is 42.5 Å². The highest BCUT2D eigenvalue weighted by Gasteiger charge is 2.27. The van der Waals surface area contributed by atoms with Crippen LogP contribution in [-0.2, 0) is 4.74 Å². The van der Waals surface area contributed by atoms with Crippen molar-refractivity contribution in [3.63, 3.8) is 0 Å². The van der Waals surface area contributed by atoms with Gasteiger partial charge in [-0.3, -0.25) is 4.79 Å². The van der Waals surface area contributed by atoms with Gasteiger partial charge in [-0.25, -0.2) is 0 Å². The Morgan fingerprint density at radius 3 is 2.48 bits per heavy atom. The summed E-state index contributed by atoms with van der Waals surface area (Å²) >= 11 is 18.2.